The number of rotatable bonds is 4. The Morgan fingerprint density at radius 1 is 0.964 bits per heavy atom. The second-order valence-electron chi connectivity index (χ2n) is 6.13. The lowest BCUT2D eigenvalue weighted by Gasteiger charge is -2.12. The number of carbonyl (C=O) groups excluding carboxylic acids is 1. The largest absolute Gasteiger partial charge is 0.494 e. The Balaban J connectivity index is 1.77. The Labute approximate surface area is 161 Å². The normalized spacial score (nSPS) is 10.6. The smallest absolute Gasteiger partial charge is 0.280 e. The van der Waals surface area contributed by atoms with E-state index in [0.717, 1.165) is 10.8 Å². The molecule has 6 heteroatoms. The van der Waals surface area contributed by atoms with Crippen LogP contribution in [0.3, 0.4) is 0 Å². The molecular formula is C22H17N3O3. The van der Waals surface area contributed by atoms with Crippen LogP contribution in [-0.4, -0.2) is 22.8 Å². The number of fused-ring (bicyclic) bond motifs is 1. The highest BCUT2D eigenvalue weighted by atomic mass is 16.5. The molecule has 0 aliphatic carbocycles. The minimum atomic E-state index is -0.460. The van der Waals surface area contributed by atoms with Crippen LogP contribution in [0.2, 0.25) is 0 Å². The minimum Gasteiger partial charge on any atom is -0.494 e. The van der Waals surface area contributed by atoms with E-state index < -0.39 is 5.91 Å². The van der Waals surface area contributed by atoms with Crippen LogP contribution < -0.4 is 15.6 Å². The van der Waals surface area contributed by atoms with Gasteiger partial charge in [0.2, 0.25) is 0 Å². The third-order valence-corrected chi connectivity index (χ3v) is 4.37. The summed E-state index contributed by atoms with van der Waals surface area (Å²) in [6.45, 7) is 0. The summed E-state index contributed by atoms with van der Waals surface area (Å²) >= 11 is 0. The van der Waals surface area contributed by atoms with Crippen molar-refractivity contribution in [1.82, 2.24) is 9.78 Å². The molecule has 0 unspecified atom stereocenters. The maximum atomic E-state index is 13.0. The molecule has 0 aliphatic rings. The molecule has 0 atom stereocenters. The Kier molecular flexibility index (Phi) is 4.60. The number of carbonyl (C=O) groups is 1. The highest BCUT2D eigenvalue weighted by Crippen LogP contribution is 2.24. The summed E-state index contributed by atoms with van der Waals surface area (Å²) < 4.78 is 6.41. The summed E-state index contributed by atoms with van der Waals surface area (Å²) in [5.41, 5.74) is 0.863. The van der Waals surface area contributed by atoms with Gasteiger partial charge in [0.15, 0.2) is 11.4 Å². The van der Waals surface area contributed by atoms with Gasteiger partial charge in [0.25, 0.3) is 11.5 Å². The molecule has 138 valence electrons. The monoisotopic (exact) mass is 371 g/mol. The third kappa shape index (κ3) is 3.23. The lowest BCUT2D eigenvalue weighted by atomic mass is 10.1. The number of aromatic nitrogens is 2. The molecule has 4 rings (SSSR count). The number of hydrogen-bond donors (Lipinski definition) is 1. The van der Waals surface area contributed by atoms with Crippen molar-refractivity contribution >= 4 is 22.4 Å². The van der Waals surface area contributed by atoms with E-state index in [1.54, 1.807) is 24.3 Å². The molecular weight excluding hydrogens is 354 g/mol. The molecule has 4 aromatic rings. The summed E-state index contributed by atoms with van der Waals surface area (Å²) in [5, 5.41) is 9.05. The van der Waals surface area contributed by atoms with Crippen LogP contribution in [0.25, 0.3) is 16.5 Å². The van der Waals surface area contributed by atoms with Gasteiger partial charge in [-0.05, 0) is 23.6 Å². The van der Waals surface area contributed by atoms with E-state index in [9.17, 15) is 9.59 Å². The summed E-state index contributed by atoms with van der Waals surface area (Å²) in [7, 11) is 1.40. The van der Waals surface area contributed by atoms with Gasteiger partial charge in [-0.3, -0.25) is 9.59 Å². The standard InChI is InChI=1S/C22H17N3O3/c1-28-19-14-20(26)25(16-10-3-2-4-11-16)24-21(19)22(27)23-18-13-7-9-15-8-5-6-12-17(15)18/h2-14H,1H3,(H,23,27). The minimum absolute atomic E-state index is 0.0267. The van der Waals surface area contributed by atoms with Gasteiger partial charge in [0.1, 0.15) is 0 Å². The van der Waals surface area contributed by atoms with Gasteiger partial charge in [0, 0.05) is 11.1 Å². The van der Waals surface area contributed by atoms with Crippen LogP contribution in [0.15, 0.2) is 83.7 Å². The molecule has 3 aromatic carbocycles. The zero-order valence-corrected chi connectivity index (χ0v) is 15.1. The van der Waals surface area contributed by atoms with Crippen LogP contribution in [0.5, 0.6) is 5.75 Å². The van der Waals surface area contributed by atoms with Crippen LogP contribution in [-0.2, 0) is 0 Å². The van der Waals surface area contributed by atoms with Crippen molar-refractivity contribution < 1.29 is 9.53 Å². The van der Waals surface area contributed by atoms with Gasteiger partial charge >= 0.3 is 0 Å². The van der Waals surface area contributed by atoms with Crippen LogP contribution in [0, 0.1) is 0 Å². The number of amides is 1. The lowest BCUT2D eigenvalue weighted by molar-refractivity contribution is 0.101. The van der Waals surface area contributed by atoms with Crippen LogP contribution in [0.1, 0.15) is 10.5 Å². The fraction of sp³-hybridized carbons (Fsp3) is 0.0455. The number of hydrogen-bond acceptors (Lipinski definition) is 4. The number of nitrogens with zero attached hydrogens (tertiary/aromatic N) is 2. The Morgan fingerprint density at radius 2 is 1.68 bits per heavy atom. The first-order valence-corrected chi connectivity index (χ1v) is 8.70. The number of ether oxygens (including phenoxy) is 1. The quantitative estimate of drug-likeness (QED) is 0.594. The van der Waals surface area contributed by atoms with E-state index >= 15 is 0 Å². The van der Waals surface area contributed by atoms with E-state index in [-0.39, 0.29) is 17.0 Å². The Morgan fingerprint density at radius 3 is 2.46 bits per heavy atom. The van der Waals surface area contributed by atoms with Gasteiger partial charge in [-0.15, -0.1) is 0 Å². The second kappa shape index (κ2) is 7.36. The number of benzene rings is 3. The molecule has 0 aliphatic heterocycles. The molecule has 0 saturated heterocycles. The van der Waals surface area contributed by atoms with Crippen molar-refractivity contribution in [2.75, 3.05) is 12.4 Å². The first-order chi connectivity index (χ1) is 13.7. The van der Waals surface area contributed by atoms with Gasteiger partial charge in [-0.2, -0.15) is 9.78 Å². The zero-order valence-electron chi connectivity index (χ0n) is 15.1. The van der Waals surface area contributed by atoms with E-state index in [0.29, 0.717) is 11.4 Å². The van der Waals surface area contributed by atoms with Crippen molar-refractivity contribution in [2.45, 2.75) is 0 Å². The van der Waals surface area contributed by atoms with Crippen molar-refractivity contribution in [3.63, 3.8) is 0 Å². The highest BCUT2D eigenvalue weighted by molar-refractivity contribution is 6.09. The summed E-state index contributed by atoms with van der Waals surface area (Å²) in [5.74, 6) is -0.340. The van der Waals surface area contributed by atoms with Crippen LogP contribution >= 0.6 is 0 Å². The molecule has 1 heterocycles. The van der Waals surface area contributed by atoms with Gasteiger partial charge < -0.3 is 10.1 Å². The summed E-state index contributed by atoms with van der Waals surface area (Å²) in [6, 6.07) is 23.6. The van der Waals surface area contributed by atoms with E-state index in [1.807, 2.05) is 48.5 Å². The summed E-state index contributed by atoms with van der Waals surface area (Å²) in [6.07, 6.45) is 0. The molecule has 0 fully saturated rings. The van der Waals surface area contributed by atoms with E-state index in [1.165, 1.54) is 17.9 Å². The molecule has 0 spiro atoms. The topological polar surface area (TPSA) is 73.2 Å². The molecule has 1 N–H and O–H groups in total. The summed E-state index contributed by atoms with van der Waals surface area (Å²) in [4.78, 5) is 25.4. The second-order valence-corrected chi connectivity index (χ2v) is 6.13. The predicted octanol–water partition coefficient (Wildman–Crippen LogP) is 3.65. The van der Waals surface area contributed by atoms with Crippen molar-refractivity contribution in [3.8, 4) is 11.4 Å². The number of para-hydroxylation sites is 1. The van der Waals surface area contributed by atoms with Gasteiger partial charge in [0.05, 0.1) is 18.9 Å². The van der Waals surface area contributed by atoms with Gasteiger partial charge in [-0.25, -0.2) is 0 Å². The predicted molar refractivity (Wildman–Crippen MR) is 108 cm³/mol. The van der Waals surface area contributed by atoms with Crippen molar-refractivity contribution in [3.05, 3.63) is 94.9 Å². The molecule has 0 saturated carbocycles. The highest BCUT2D eigenvalue weighted by Gasteiger charge is 2.19. The lowest BCUT2D eigenvalue weighted by Crippen LogP contribution is -2.26. The molecule has 0 radical (unpaired) electrons. The van der Waals surface area contributed by atoms with E-state index in [2.05, 4.69) is 10.4 Å². The Bertz CT molecular complexity index is 1210. The molecule has 1 amide bonds. The first kappa shape index (κ1) is 17.5. The van der Waals surface area contributed by atoms with Crippen LogP contribution in [0.4, 0.5) is 5.69 Å². The van der Waals surface area contributed by atoms with Gasteiger partial charge in [-0.1, -0.05) is 54.6 Å². The fourth-order valence-corrected chi connectivity index (χ4v) is 3.02. The van der Waals surface area contributed by atoms with Crippen molar-refractivity contribution in [1.29, 1.82) is 0 Å². The number of methoxy groups -OCH3 is 1. The number of anilines is 1. The Hall–Kier alpha value is -3.93. The van der Waals surface area contributed by atoms with E-state index in [4.69, 9.17) is 4.74 Å². The molecule has 0 bridgehead atoms. The SMILES string of the molecule is COc1cc(=O)n(-c2ccccc2)nc1C(=O)Nc1cccc2ccccc12. The fourth-order valence-electron chi connectivity index (χ4n) is 3.02. The first-order valence-electron chi connectivity index (χ1n) is 8.70. The number of nitrogens with one attached hydrogen (secondary N) is 1. The zero-order chi connectivity index (χ0) is 19.5. The molecule has 6 nitrogen and oxygen atoms in total. The molecule has 28 heavy (non-hydrogen) atoms. The molecule has 1 aromatic heterocycles. The van der Waals surface area contributed by atoms with Crippen molar-refractivity contribution in [2.24, 2.45) is 0 Å². The third-order valence-electron chi connectivity index (χ3n) is 4.37. The maximum absolute atomic E-state index is 13.0. The average molecular weight is 371 g/mol. The average Bonchev–Trinajstić information content (AvgIpc) is 2.74. The maximum Gasteiger partial charge on any atom is 0.280 e.